The number of aliphatic carboxylic acids is 1. The molecule has 0 saturated carbocycles. The van der Waals surface area contributed by atoms with Gasteiger partial charge in [0.2, 0.25) is 0 Å². The van der Waals surface area contributed by atoms with Gasteiger partial charge in [-0.25, -0.2) is 0 Å². The molecule has 20 heavy (non-hydrogen) atoms. The van der Waals surface area contributed by atoms with E-state index in [4.69, 9.17) is 16.7 Å². The summed E-state index contributed by atoms with van der Waals surface area (Å²) in [6.45, 7) is 3.99. The van der Waals surface area contributed by atoms with Gasteiger partial charge in [0.1, 0.15) is 0 Å². The van der Waals surface area contributed by atoms with Crippen LogP contribution in [0.15, 0.2) is 22.7 Å². The number of hydrogen-bond acceptors (Lipinski definition) is 2. The van der Waals surface area contributed by atoms with Crippen LogP contribution in [0, 0.1) is 11.8 Å². The Balaban J connectivity index is 2.70. The van der Waals surface area contributed by atoms with E-state index in [1.807, 2.05) is 13.8 Å². The fourth-order valence-electron chi connectivity index (χ4n) is 1.83. The Morgan fingerprint density at radius 2 is 2.05 bits per heavy atom. The van der Waals surface area contributed by atoms with E-state index in [0.717, 1.165) is 0 Å². The van der Waals surface area contributed by atoms with Crippen molar-refractivity contribution >= 4 is 39.4 Å². The van der Waals surface area contributed by atoms with E-state index >= 15 is 0 Å². The molecule has 2 N–H and O–H groups in total. The first-order valence-corrected chi connectivity index (χ1v) is 7.45. The summed E-state index contributed by atoms with van der Waals surface area (Å²) in [4.78, 5) is 23.1. The molecule has 4 nitrogen and oxygen atoms in total. The SMILES string of the molecule is CC(C)CC(CNC(=O)c1cccc(Br)c1Cl)C(=O)O. The highest BCUT2D eigenvalue weighted by atomic mass is 79.9. The Morgan fingerprint density at radius 3 is 2.60 bits per heavy atom. The van der Waals surface area contributed by atoms with Crippen molar-refractivity contribution in [2.24, 2.45) is 11.8 Å². The van der Waals surface area contributed by atoms with Gasteiger partial charge >= 0.3 is 5.97 Å². The van der Waals surface area contributed by atoms with Gasteiger partial charge in [-0.15, -0.1) is 0 Å². The van der Waals surface area contributed by atoms with E-state index in [9.17, 15) is 9.59 Å². The van der Waals surface area contributed by atoms with Crippen LogP contribution >= 0.6 is 27.5 Å². The summed E-state index contributed by atoms with van der Waals surface area (Å²) in [6, 6.07) is 5.03. The maximum Gasteiger partial charge on any atom is 0.308 e. The van der Waals surface area contributed by atoms with E-state index in [-0.39, 0.29) is 18.4 Å². The predicted octanol–water partition coefficient (Wildman–Crippen LogP) is 3.58. The number of benzene rings is 1. The van der Waals surface area contributed by atoms with Crippen molar-refractivity contribution < 1.29 is 14.7 Å². The van der Waals surface area contributed by atoms with Crippen molar-refractivity contribution in [3.8, 4) is 0 Å². The van der Waals surface area contributed by atoms with E-state index < -0.39 is 11.9 Å². The fraction of sp³-hybridized carbons (Fsp3) is 0.429. The molecular formula is C14H17BrClNO3. The van der Waals surface area contributed by atoms with Gasteiger partial charge in [-0.2, -0.15) is 0 Å². The average Bonchev–Trinajstić information content (AvgIpc) is 2.36. The van der Waals surface area contributed by atoms with Crippen LogP contribution in [-0.4, -0.2) is 23.5 Å². The van der Waals surface area contributed by atoms with Crippen molar-refractivity contribution in [2.75, 3.05) is 6.54 Å². The Bertz CT molecular complexity index is 505. The zero-order chi connectivity index (χ0) is 15.3. The normalized spacial score (nSPS) is 12.2. The minimum Gasteiger partial charge on any atom is -0.481 e. The lowest BCUT2D eigenvalue weighted by atomic mass is 9.97. The highest BCUT2D eigenvalue weighted by Crippen LogP contribution is 2.25. The van der Waals surface area contributed by atoms with Gasteiger partial charge in [0, 0.05) is 11.0 Å². The monoisotopic (exact) mass is 361 g/mol. The number of amides is 1. The number of rotatable bonds is 6. The van der Waals surface area contributed by atoms with E-state index in [1.54, 1.807) is 18.2 Å². The molecule has 1 atom stereocenters. The molecule has 0 aromatic heterocycles. The standard InChI is InChI=1S/C14H17BrClNO3/c1-8(2)6-9(14(19)20)7-17-13(18)10-4-3-5-11(15)12(10)16/h3-5,8-9H,6-7H2,1-2H3,(H,17,18)(H,19,20). The van der Waals surface area contributed by atoms with Crippen LogP contribution in [0.2, 0.25) is 5.02 Å². The molecular weight excluding hydrogens is 346 g/mol. The lowest BCUT2D eigenvalue weighted by Crippen LogP contribution is -2.33. The summed E-state index contributed by atoms with van der Waals surface area (Å²) in [6.07, 6.45) is 0.516. The average molecular weight is 363 g/mol. The molecule has 0 bridgehead atoms. The van der Waals surface area contributed by atoms with Gasteiger partial charge < -0.3 is 10.4 Å². The van der Waals surface area contributed by atoms with Gasteiger partial charge in [-0.3, -0.25) is 9.59 Å². The predicted molar refractivity (Wildman–Crippen MR) is 82.1 cm³/mol. The smallest absolute Gasteiger partial charge is 0.308 e. The van der Waals surface area contributed by atoms with Crippen LogP contribution in [0.25, 0.3) is 0 Å². The molecule has 1 rings (SSSR count). The van der Waals surface area contributed by atoms with Crippen LogP contribution < -0.4 is 5.32 Å². The van der Waals surface area contributed by atoms with Crippen molar-refractivity contribution in [3.63, 3.8) is 0 Å². The molecule has 0 spiro atoms. The molecule has 1 aromatic carbocycles. The molecule has 6 heteroatoms. The third kappa shape index (κ3) is 4.80. The Morgan fingerprint density at radius 1 is 1.40 bits per heavy atom. The summed E-state index contributed by atoms with van der Waals surface area (Å²) >= 11 is 9.27. The molecule has 1 aromatic rings. The minimum atomic E-state index is -0.903. The molecule has 1 unspecified atom stereocenters. The molecule has 0 fully saturated rings. The maximum atomic E-state index is 12.0. The minimum absolute atomic E-state index is 0.0924. The van der Waals surface area contributed by atoms with Gasteiger partial charge in [0.25, 0.3) is 5.91 Å². The molecule has 110 valence electrons. The first-order valence-electron chi connectivity index (χ1n) is 6.28. The lowest BCUT2D eigenvalue weighted by molar-refractivity contribution is -0.142. The number of carboxylic acids is 1. The molecule has 0 radical (unpaired) electrons. The van der Waals surface area contributed by atoms with Gasteiger partial charge in [0.15, 0.2) is 0 Å². The van der Waals surface area contributed by atoms with Crippen molar-refractivity contribution in [3.05, 3.63) is 33.3 Å². The third-order valence-electron chi connectivity index (χ3n) is 2.81. The topological polar surface area (TPSA) is 66.4 Å². The largest absolute Gasteiger partial charge is 0.481 e. The summed E-state index contributed by atoms with van der Waals surface area (Å²) in [7, 11) is 0. The molecule has 0 aliphatic heterocycles. The van der Waals surface area contributed by atoms with Crippen LogP contribution in [0.4, 0.5) is 0 Å². The van der Waals surface area contributed by atoms with Gasteiger partial charge in [0.05, 0.1) is 16.5 Å². The van der Waals surface area contributed by atoms with Crippen LogP contribution in [0.1, 0.15) is 30.6 Å². The number of carboxylic acid groups (broad SMARTS) is 1. The first-order chi connectivity index (χ1) is 9.32. The van der Waals surface area contributed by atoms with E-state index in [2.05, 4.69) is 21.2 Å². The summed E-state index contributed by atoms with van der Waals surface area (Å²) in [5.41, 5.74) is 0.328. The number of carbonyl (C=O) groups is 2. The third-order valence-corrected chi connectivity index (χ3v) is 4.11. The molecule has 0 aliphatic rings. The van der Waals surface area contributed by atoms with Gasteiger partial charge in [-0.1, -0.05) is 31.5 Å². The Hall–Kier alpha value is -1.07. The molecule has 1 amide bonds. The van der Waals surface area contributed by atoms with Crippen molar-refractivity contribution in [1.29, 1.82) is 0 Å². The van der Waals surface area contributed by atoms with Crippen molar-refractivity contribution in [1.82, 2.24) is 5.32 Å². The number of halogens is 2. The van der Waals surface area contributed by atoms with Crippen molar-refractivity contribution in [2.45, 2.75) is 20.3 Å². The van der Waals surface area contributed by atoms with Crippen LogP contribution in [-0.2, 0) is 4.79 Å². The quantitative estimate of drug-likeness (QED) is 0.813. The Kier molecular flexibility index (Phi) is 6.49. The summed E-state index contributed by atoms with van der Waals surface area (Å²) < 4.78 is 0.629. The lowest BCUT2D eigenvalue weighted by Gasteiger charge is -2.15. The van der Waals surface area contributed by atoms with E-state index in [0.29, 0.717) is 21.5 Å². The molecule has 0 heterocycles. The number of carbonyl (C=O) groups excluding carboxylic acids is 1. The number of nitrogens with one attached hydrogen (secondary N) is 1. The van der Waals surface area contributed by atoms with Gasteiger partial charge in [-0.05, 0) is 40.4 Å². The highest BCUT2D eigenvalue weighted by Gasteiger charge is 2.20. The van der Waals surface area contributed by atoms with Crippen LogP contribution in [0.3, 0.4) is 0 Å². The summed E-state index contributed by atoms with van der Waals surface area (Å²) in [5.74, 6) is -1.61. The second-order valence-corrected chi connectivity index (χ2v) is 6.21. The second kappa shape index (κ2) is 7.64. The Labute approximate surface area is 131 Å². The van der Waals surface area contributed by atoms with Crippen LogP contribution in [0.5, 0.6) is 0 Å². The first kappa shape index (κ1) is 17.0. The second-order valence-electron chi connectivity index (χ2n) is 4.98. The summed E-state index contributed by atoms with van der Waals surface area (Å²) in [5, 5.41) is 12.1. The molecule has 0 saturated heterocycles. The zero-order valence-corrected chi connectivity index (χ0v) is 13.7. The number of hydrogen-bond donors (Lipinski definition) is 2. The molecule has 0 aliphatic carbocycles. The zero-order valence-electron chi connectivity index (χ0n) is 11.3. The fourth-order valence-corrected chi connectivity index (χ4v) is 2.41. The van der Waals surface area contributed by atoms with E-state index in [1.165, 1.54) is 0 Å². The maximum absolute atomic E-state index is 12.0. The highest BCUT2D eigenvalue weighted by molar-refractivity contribution is 9.10.